The minimum Gasteiger partial charge on any atom is -0.449 e. The second-order valence-electron chi connectivity index (χ2n) is 0.687. The third-order valence-electron chi connectivity index (χ3n) is 0.188. The second kappa shape index (κ2) is 2.35. The van der Waals surface area contributed by atoms with Crippen LogP contribution in [0.5, 0.6) is 0 Å². The van der Waals surface area contributed by atoms with Gasteiger partial charge in [-0.05, 0) is 12.2 Å². The van der Waals surface area contributed by atoms with Crippen molar-refractivity contribution >= 4 is 23.5 Å². The second-order valence-corrected chi connectivity index (χ2v) is 1.09. The quantitative estimate of drug-likeness (QED) is 0.346. The number of rotatable bonds is 0. The molecule has 3 N–H and O–H groups in total. The summed E-state index contributed by atoms with van der Waals surface area (Å²) in [5.74, 6) is 0. The SMILES string of the molecule is NC(=S)OC(=O)O. The topological polar surface area (TPSA) is 72.5 Å². The van der Waals surface area contributed by atoms with E-state index in [1.54, 1.807) is 0 Å². The maximum atomic E-state index is 9.42. The Balaban J connectivity index is 3.32. The van der Waals surface area contributed by atoms with Crippen LogP contribution in [0.4, 0.5) is 4.79 Å². The summed E-state index contributed by atoms with van der Waals surface area (Å²) < 4.78 is 3.68. The van der Waals surface area contributed by atoms with Crippen LogP contribution in [-0.4, -0.2) is 16.4 Å². The molecule has 0 aliphatic carbocycles. The molecule has 0 aromatic rings. The number of hydrogen-bond donors (Lipinski definition) is 2. The van der Waals surface area contributed by atoms with E-state index >= 15 is 0 Å². The molecule has 0 heterocycles. The van der Waals surface area contributed by atoms with Crippen molar-refractivity contribution in [3.8, 4) is 0 Å². The van der Waals surface area contributed by atoms with Gasteiger partial charge in [0.25, 0.3) is 5.17 Å². The molecule has 0 radical (unpaired) electrons. The Kier molecular flexibility index (Phi) is 2.07. The number of hydrogen-bond acceptors (Lipinski definition) is 3. The van der Waals surface area contributed by atoms with Gasteiger partial charge < -0.3 is 15.6 Å². The molecule has 0 aromatic heterocycles. The number of nitrogens with two attached hydrogens (primary N) is 1. The van der Waals surface area contributed by atoms with Gasteiger partial charge in [0, 0.05) is 0 Å². The van der Waals surface area contributed by atoms with Crippen molar-refractivity contribution in [1.82, 2.24) is 0 Å². The van der Waals surface area contributed by atoms with E-state index < -0.39 is 11.3 Å². The van der Waals surface area contributed by atoms with Crippen LogP contribution in [0.15, 0.2) is 0 Å². The van der Waals surface area contributed by atoms with Crippen molar-refractivity contribution < 1.29 is 14.6 Å². The van der Waals surface area contributed by atoms with Gasteiger partial charge in [0.1, 0.15) is 0 Å². The summed E-state index contributed by atoms with van der Waals surface area (Å²) in [7, 11) is 0. The number of thiocarbonyl (C=S) groups is 1. The molecule has 0 saturated carbocycles. The van der Waals surface area contributed by atoms with Crippen LogP contribution in [0.1, 0.15) is 0 Å². The summed E-state index contributed by atoms with van der Waals surface area (Å²) in [5.41, 5.74) is 4.62. The van der Waals surface area contributed by atoms with Gasteiger partial charge in [-0.15, -0.1) is 0 Å². The molecule has 0 aliphatic heterocycles. The molecule has 4 nitrogen and oxygen atoms in total. The lowest BCUT2D eigenvalue weighted by atomic mass is 11.2. The van der Waals surface area contributed by atoms with E-state index in [-0.39, 0.29) is 0 Å². The zero-order valence-corrected chi connectivity index (χ0v) is 4.07. The fourth-order valence-electron chi connectivity index (χ4n) is 0.0861. The highest BCUT2D eigenvalue weighted by atomic mass is 32.1. The molecule has 40 valence electrons. The predicted molar refractivity (Wildman–Crippen MR) is 25.9 cm³/mol. The van der Waals surface area contributed by atoms with Gasteiger partial charge in [-0.3, -0.25) is 0 Å². The number of carbonyl (C=O) groups is 1. The molecule has 0 amide bonds. The van der Waals surface area contributed by atoms with Gasteiger partial charge in [0.05, 0.1) is 0 Å². The molecular weight excluding hydrogens is 118 g/mol. The van der Waals surface area contributed by atoms with E-state index in [1.165, 1.54) is 0 Å². The van der Waals surface area contributed by atoms with E-state index in [4.69, 9.17) is 5.11 Å². The largest absolute Gasteiger partial charge is 0.513 e. The Hall–Kier alpha value is -0.840. The normalized spacial score (nSPS) is 7.43. The lowest BCUT2D eigenvalue weighted by molar-refractivity contribution is 0.141. The van der Waals surface area contributed by atoms with Crippen molar-refractivity contribution in [2.75, 3.05) is 0 Å². The zero-order chi connectivity index (χ0) is 5.86. The summed E-state index contributed by atoms with van der Waals surface area (Å²) in [4.78, 5) is 9.42. The third kappa shape index (κ3) is 5.16. The first-order valence-electron chi connectivity index (χ1n) is 1.33. The Morgan fingerprint density at radius 2 is 2.29 bits per heavy atom. The van der Waals surface area contributed by atoms with Crippen molar-refractivity contribution in [1.29, 1.82) is 0 Å². The van der Waals surface area contributed by atoms with Crippen LogP contribution < -0.4 is 5.73 Å². The molecule has 0 aliphatic rings. The minimum atomic E-state index is -1.48. The van der Waals surface area contributed by atoms with Crippen LogP contribution in [-0.2, 0) is 4.74 Å². The highest BCUT2D eigenvalue weighted by Crippen LogP contribution is 1.72. The highest BCUT2D eigenvalue weighted by Gasteiger charge is 1.94. The molecule has 0 spiro atoms. The third-order valence-corrected chi connectivity index (χ3v) is 0.271. The summed E-state index contributed by atoms with van der Waals surface area (Å²) in [6, 6.07) is 0. The summed E-state index contributed by atoms with van der Waals surface area (Å²) in [6.45, 7) is 0. The van der Waals surface area contributed by atoms with E-state index in [0.29, 0.717) is 0 Å². The smallest absolute Gasteiger partial charge is 0.449 e. The fraction of sp³-hybridized carbons (Fsp3) is 0. The zero-order valence-electron chi connectivity index (χ0n) is 3.25. The van der Waals surface area contributed by atoms with Crippen molar-refractivity contribution in [3.63, 3.8) is 0 Å². The van der Waals surface area contributed by atoms with E-state index in [0.717, 1.165) is 0 Å². The van der Waals surface area contributed by atoms with Crippen molar-refractivity contribution in [2.45, 2.75) is 0 Å². The Labute approximate surface area is 44.9 Å². The lowest BCUT2D eigenvalue weighted by Gasteiger charge is -1.89. The van der Waals surface area contributed by atoms with E-state index in [1.807, 2.05) is 0 Å². The summed E-state index contributed by atoms with van der Waals surface area (Å²) in [5, 5.41) is 7.22. The van der Waals surface area contributed by atoms with E-state index in [9.17, 15) is 4.79 Å². The Bertz CT molecular complexity index is 89.1. The molecule has 5 heteroatoms. The first-order valence-corrected chi connectivity index (χ1v) is 1.74. The van der Waals surface area contributed by atoms with Crippen LogP contribution in [0.2, 0.25) is 0 Å². The summed E-state index contributed by atoms with van der Waals surface area (Å²) in [6.07, 6.45) is -1.48. The molecule has 0 unspecified atom stereocenters. The first-order chi connectivity index (χ1) is 3.13. The molecule has 7 heavy (non-hydrogen) atoms. The molecule has 0 rings (SSSR count). The lowest BCUT2D eigenvalue weighted by Crippen LogP contribution is -2.15. The maximum absolute atomic E-state index is 9.42. The maximum Gasteiger partial charge on any atom is 0.513 e. The van der Waals surface area contributed by atoms with Crippen LogP contribution in [0.3, 0.4) is 0 Å². The Morgan fingerprint density at radius 3 is 2.29 bits per heavy atom. The standard InChI is InChI=1S/C2H3NO3S/c3-1(7)6-2(4)5/h(H2,3,7)(H,4,5). The highest BCUT2D eigenvalue weighted by molar-refractivity contribution is 7.80. The fourth-order valence-corrected chi connectivity index (χ4v) is 0.157. The number of ether oxygens (including phenoxy) is 1. The first kappa shape index (κ1) is 6.16. The molecular formula is C2H3NO3S. The van der Waals surface area contributed by atoms with Gasteiger partial charge >= 0.3 is 6.16 Å². The molecule has 0 aromatic carbocycles. The van der Waals surface area contributed by atoms with Crippen LogP contribution >= 0.6 is 12.2 Å². The van der Waals surface area contributed by atoms with Gasteiger partial charge in [0.15, 0.2) is 0 Å². The van der Waals surface area contributed by atoms with Crippen LogP contribution in [0.25, 0.3) is 0 Å². The molecule has 0 bridgehead atoms. The monoisotopic (exact) mass is 121 g/mol. The average molecular weight is 121 g/mol. The number of carboxylic acid groups (broad SMARTS) is 1. The Morgan fingerprint density at radius 1 is 1.86 bits per heavy atom. The average Bonchev–Trinajstić information content (AvgIpc) is 1.27. The summed E-state index contributed by atoms with van der Waals surface area (Å²) >= 11 is 4.05. The molecule has 0 fully saturated rings. The van der Waals surface area contributed by atoms with Crippen molar-refractivity contribution in [3.05, 3.63) is 0 Å². The van der Waals surface area contributed by atoms with Crippen molar-refractivity contribution in [2.24, 2.45) is 5.73 Å². The van der Waals surface area contributed by atoms with Gasteiger partial charge in [-0.25, -0.2) is 4.79 Å². The van der Waals surface area contributed by atoms with Gasteiger partial charge in [-0.1, -0.05) is 0 Å². The van der Waals surface area contributed by atoms with Crippen LogP contribution in [0, 0.1) is 0 Å². The molecule has 0 atom stereocenters. The van der Waals surface area contributed by atoms with Gasteiger partial charge in [0.2, 0.25) is 0 Å². The minimum absolute atomic E-state index is 0.479. The molecule has 0 saturated heterocycles. The predicted octanol–water partition coefficient (Wildman–Crippen LogP) is -0.0754. The van der Waals surface area contributed by atoms with Gasteiger partial charge in [-0.2, -0.15) is 0 Å². The van der Waals surface area contributed by atoms with E-state index in [2.05, 4.69) is 22.7 Å².